The Labute approximate surface area is 130 Å². The van der Waals surface area contributed by atoms with Crippen molar-refractivity contribution in [2.75, 3.05) is 11.9 Å². The van der Waals surface area contributed by atoms with Gasteiger partial charge in [0.1, 0.15) is 12.2 Å². The Hall–Kier alpha value is -2.33. The molecule has 2 aromatic carbocycles. The van der Waals surface area contributed by atoms with Crippen LogP contribution in [0.3, 0.4) is 0 Å². The third-order valence-electron chi connectivity index (χ3n) is 4.10. The predicted molar refractivity (Wildman–Crippen MR) is 86.6 cm³/mol. The summed E-state index contributed by atoms with van der Waals surface area (Å²) in [5.74, 6) is -0.742. The van der Waals surface area contributed by atoms with Crippen LogP contribution in [-0.4, -0.2) is 28.6 Å². The smallest absolute Gasteiger partial charge is 0.320 e. The van der Waals surface area contributed by atoms with Crippen molar-refractivity contribution in [1.82, 2.24) is 4.90 Å². The molecule has 1 fully saturated rings. The minimum absolute atomic E-state index is 0.132. The van der Waals surface area contributed by atoms with Crippen molar-refractivity contribution < 1.29 is 9.90 Å². The summed E-state index contributed by atoms with van der Waals surface area (Å²) in [5.41, 5.74) is 2.08. The summed E-state index contributed by atoms with van der Waals surface area (Å²) < 4.78 is 0. The van der Waals surface area contributed by atoms with Crippen LogP contribution in [0.25, 0.3) is 0 Å². The molecule has 2 aromatic rings. The van der Waals surface area contributed by atoms with Gasteiger partial charge in [0.05, 0.1) is 0 Å². The molecule has 1 aliphatic rings. The predicted octanol–water partition coefficient (Wildman–Crippen LogP) is 3.35. The first kappa shape index (κ1) is 14.6. The highest BCUT2D eigenvalue weighted by Gasteiger charge is 2.36. The third kappa shape index (κ3) is 3.12. The molecule has 0 saturated carbocycles. The van der Waals surface area contributed by atoms with Gasteiger partial charge in [0.15, 0.2) is 0 Å². The van der Waals surface area contributed by atoms with E-state index in [0.29, 0.717) is 6.42 Å². The number of carboxylic acid groups (broad SMARTS) is 1. The van der Waals surface area contributed by atoms with Crippen molar-refractivity contribution in [3.05, 3.63) is 66.2 Å². The van der Waals surface area contributed by atoms with Gasteiger partial charge in [0.2, 0.25) is 0 Å². The normalized spacial score (nSPS) is 19.7. The van der Waals surface area contributed by atoms with E-state index in [2.05, 4.69) is 5.32 Å². The number of nitrogens with zero attached hydrogens (tertiary/aromatic N) is 1. The zero-order chi connectivity index (χ0) is 15.4. The number of rotatable bonds is 5. The van der Waals surface area contributed by atoms with E-state index in [1.807, 2.05) is 65.6 Å². The van der Waals surface area contributed by atoms with Gasteiger partial charge in [-0.1, -0.05) is 48.5 Å². The van der Waals surface area contributed by atoms with Crippen LogP contribution >= 0.6 is 0 Å². The van der Waals surface area contributed by atoms with Crippen LogP contribution in [0, 0.1) is 0 Å². The average molecular weight is 296 g/mol. The maximum Gasteiger partial charge on any atom is 0.320 e. The molecule has 1 unspecified atom stereocenters. The standard InChI is InChI=1S/C18H20N2O2/c21-18(22)16-12-7-13-20(16)17(14-8-3-1-4-9-14)19-15-10-5-2-6-11-15/h1-6,8-11,16-17,19H,7,12-13H2,(H,21,22)/t16-,17?/m0/s1. The minimum Gasteiger partial charge on any atom is -0.480 e. The van der Waals surface area contributed by atoms with Crippen LogP contribution in [0.15, 0.2) is 60.7 Å². The summed E-state index contributed by atoms with van der Waals surface area (Å²) in [5, 5.41) is 13.0. The lowest BCUT2D eigenvalue weighted by Gasteiger charge is -2.32. The Morgan fingerprint density at radius 2 is 1.73 bits per heavy atom. The molecule has 0 amide bonds. The van der Waals surface area contributed by atoms with Crippen LogP contribution < -0.4 is 5.32 Å². The molecule has 1 saturated heterocycles. The molecule has 2 atom stereocenters. The van der Waals surface area contributed by atoms with Gasteiger partial charge in [0.25, 0.3) is 0 Å². The quantitative estimate of drug-likeness (QED) is 0.888. The average Bonchev–Trinajstić information content (AvgIpc) is 3.04. The number of hydrogen-bond donors (Lipinski definition) is 2. The molecule has 0 aromatic heterocycles. The highest BCUT2D eigenvalue weighted by Crippen LogP contribution is 2.30. The first-order valence-electron chi connectivity index (χ1n) is 7.61. The molecule has 0 spiro atoms. The largest absolute Gasteiger partial charge is 0.480 e. The molecule has 1 heterocycles. The van der Waals surface area contributed by atoms with Crippen LogP contribution in [0.1, 0.15) is 24.6 Å². The van der Waals surface area contributed by atoms with E-state index < -0.39 is 12.0 Å². The van der Waals surface area contributed by atoms with Crippen LogP contribution in [0.5, 0.6) is 0 Å². The van der Waals surface area contributed by atoms with E-state index >= 15 is 0 Å². The second-order valence-corrected chi connectivity index (χ2v) is 5.56. The second-order valence-electron chi connectivity index (χ2n) is 5.56. The molecule has 0 bridgehead atoms. The van der Waals surface area contributed by atoms with Crippen molar-refractivity contribution in [3.63, 3.8) is 0 Å². The van der Waals surface area contributed by atoms with Crippen LogP contribution in [0.2, 0.25) is 0 Å². The Balaban J connectivity index is 1.91. The summed E-state index contributed by atoms with van der Waals surface area (Å²) in [6, 6.07) is 19.5. The first-order valence-corrected chi connectivity index (χ1v) is 7.61. The number of carboxylic acids is 1. The molecule has 0 radical (unpaired) electrons. The summed E-state index contributed by atoms with van der Waals surface area (Å²) in [6.07, 6.45) is 1.48. The van der Waals surface area contributed by atoms with E-state index in [9.17, 15) is 9.90 Å². The molecule has 4 nitrogen and oxygen atoms in total. The fourth-order valence-corrected chi connectivity index (χ4v) is 3.05. The molecular weight excluding hydrogens is 276 g/mol. The number of anilines is 1. The van der Waals surface area contributed by atoms with Crippen molar-refractivity contribution >= 4 is 11.7 Å². The van der Waals surface area contributed by atoms with Crippen molar-refractivity contribution in [2.45, 2.75) is 25.0 Å². The van der Waals surface area contributed by atoms with Gasteiger partial charge in [-0.15, -0.1) is 0 Å². The van der Waals surface area contributed by atoms with Gasteiger partial charge in [-0.25, -0.2) is 0 Å². The number of nitrogens with one attached hydrogen (secondary N) is 1. The molecule has 1 aliphatic heterocycles. The van der Waals surface area contributed by atoms with Crippen molar-refractivity contribution in [2.24, 2.45) is 0 Å². The summed E-state index contributed by atoms with van der Waals surface area (Å²) in [7, 11) is 0. The zero-order valence-corrected chi connectivity index (χ0v) is 12.4. The lowest BCUT2D eigenvalue weighted by Crippen LogP contribution is -2.41. The SMILES string of the molecule is O=C(O)[C@@H]1CCCN1C(Nc1ccccc1)c1ccccc1. The molecule has 4 heteroatoms. The van der Waals surface area contributed by atoms with Gasteiger partial charge in [-0.2, -0.15) is 0 Å². The number of likely N-dealkylation sites (tertiary alicyclic amines) is 1. The van der Waals surface area contributed by atoms with E-state index in [-0.39, 0.29) is 6.17 Å². The highest BCUT2D eigenvalue weighted by atomic mass is 16.4. The van der Waals surface area contributed by atoms with E-state index in [1.54, 1.807) is 0 Å². The second kappa shape index (κ2) is 6.62. The number of aliphatic carboxylic acids is 1. The summed E-state index contributed by atoms with van der Waals surface area (Å²) in [4.78, 5) is 13.6. The van der Waals surface area contributed by atoms with Gasteiger partial charge in [-0.05, 0) is 30.5 Å². The molecule has 114 valence electrons. The summed E-state index contributed by atoms with van der Waals surface area (Å²) >= 11 is 0. The summed E-state index contributed by atoms with van der Waals surface area (Å²) in [6.45, 7) is 0.788. The lowest BCUT2D eigenvalue weighted by atomic mass is 10.1. The molecule has 22 heavy (non-hydrogen) atoms. The first-order chi connectivity index (χ1) is 10.8. The van der Waals surface area contributed by atoms with Crippen molar-refractivity contribution in [3.8, 4) is 0 Å². The topological polar surface area (TPSA) is 52.6 Å². The minimum atomic E-state index is -0.742. The molecule has 2 N–H and O–H groups in total. The van der Waals surface area contributed by atoms with Gasteiger partial charge < -0.3 is 10.4 Å². The van der Waals surface area contributed by atoms with Crippen LogP contribution in [-0.2, 0) is 4.79 Å². The number of hydrogen-bond acceptors (Lipinski definition) is 3. The Bertz CT molecular complexity index is 615. The maximum absolute atomic E-state index is 11.5. The molecule has 3 rings (SSSR count). The van der Waals surface area contributed by atoms with Crippen LogP contribution in [0.4, 0.5) is 5.69 Å². The Morgan fingerprint density at radius 1 is 1.09 bits per heavy atom. The maximum atomic E-state index is 11.5. The number of benzene rings is 2. The zero-order valence-electron chi connectivity index (χ0n) is 12.4. The molecule has 0 aliphatic carbocycles. The Kier molecular flexibility index (Phi) is 4.39. The Morgan fingerprint density at radius 3 is 2.36 bits per heavy atom. The fourth-order valence-electron chi connectivity index (χ4n) is 3.05. The number of carbonyl (C=O) groups is 1. The van der Waals surface area contributed by atoms with Gasteiger partial charge >= 0.3 is 5.97 Å². The molecular formula is C18H20N2O2. The lowest BCUT2D eigenvalue weighted by molar-refractivity contribution is -0.142. The van der Waals surface area contributed by atoms with E-state index in [4.69, 9.17) is 0 Å². The highest BCUT2D eigenvalue weighted by molar-refractivity contribution is 5.74. The van der Waals surface area contributed by atoms with E-state index in [0.717, 1.165) is 24.2 Å². The third-order valence-corrected chi connectivity index (χ3v) is 4.10. The van der Waals surface area contributed by atoms with Crippen molar-refractivity contribution in [1.29, 1.82) is 0 Å². The monoisotopic (exact) mass is 296 g/mol. The fraction of sp³-hybridized carbons (Fsp3) is 0.278. The number of para-hydroxylation sites is 1. The van der Waals surface area contributed by atoms with Gasteiger partial charge in [-0.3, -0.25) is 9.69 Å². The van der Waals surface area contributed by atoms with Gasteiger partial charge in [0, 0.05) is 12.2 Å². The van der Waals surface area contributed by atoms with E-state index in [1.165, 1.54) is 0 Å².